The normalized spacial score (nSPS) is 21.0. The predicted molar refractivity (Wildman–Crippen MR) is 102 cm³/mol. The number of halogens is 2. The minimum absolute atomic E-state index is 0.188. The number of hydrogen-bond donors (Lipinski definition) is 2. The van der Waals surface area contributed by atoms with Gasteiger partial charge in [-0.05, 0) is 18.9 Å². The molecule has 2 heterocycles. The van der Waals surface area contributed by atoms with Gasteiger partial charge in [-0.1, -0.05) is 30.3 Å². The molecule has 2 atom stereocenters. The molecule has 1 aliphatic rings. The number of benzene rings is 1. The van der Waals surface area contributed by atoms with E-state index in [1.807, 2.05) is 6.07 Å². The van der Waals surface area contributed by atoms with E-state index in [-0.39, 0.29) is 18.4 Å². The van der Waals surface area contributed by atoms with Gasteiger partial charge in [0.15, 0.2) is 5.96 Å². The van der Waals surface area contributed by atoms with Crippen molar-refractivity contribution in [3.63, 3.8) is 0 Å². The number of rotatable bonds is 6. The number of guanidine groups is 1. The summed E-state index contributed by atoms with van der Waals surface area (Å²) < 4.78 is 26.7. The summed E-state index contributed by atoms with van der Waals surface area (Å²) >= 11 is 0. The van der Waals surface area contributed by atoms with Crippen molar-refractivity contribution in [1.29, 1.82) is 0 Å². The molecule has 3 rings (SSSR count). The van der Waals surface area contributed by atoms with Crippen LogP contribution in [0.3, 0.4) is 0 Å². The highest BCUT2D eigenvalue weighted by atomic mass is 19.3. The summed E-state index contributed by atoms with van der Waals surface area (Å²) in [6, 6.07) is 11.1. The Kier molecular flexibility index (Phi) is 6.39. The molecule has 0 bridgehead atoms. The van der Waals surface area contributed by atoms with Crippen molar-refractivity contribution in [2.75, 3.05) is 13.6 Å². The van der Waals surface area contributed by atoms with Gasteiger partial charge >= 0.3 is 6.55 Å². The monoisotopic (exact) mass is 376 g/mol. The zero-order valence-corrected chi connectivity index (χ0v) is 15.6. The molecule has 0 spiro atoms. The average molecular weight is 376 g/mol. The average Bonchev–Trinajstić information content (AvgIpc) is 3.26. The maximum Gasteiger partial charge on any atom is 0.319 e. The first-order valence-electron chi connectivity index (χ1n) is 9.12. The van der Waals surface area contributed by atoms with Gasteiger partial charge in [-0.15, -0.1) is 0 Å². The van der Waals surface area contributed by atoms with Gasteiger partial charge in [0, 0.05) is 44.6 Å². The molecule has 1 aliphatic heterocycles. The van der Waals surface area contributed by atoms with Crippen molar-refractivity contribution in [3.8, 4) is 0 Å². The maximum absolute atomic E-state index is 12.9. The summed E-state index contributed by atoms with van der Waals surface area (Å²) in [7, 11) is 1.68. The van der Waals surface area contributed by atoms with E-state index in [4.69, 9.17) is 0 Å². The van der Waals surface area contributed by atoms with Crippen LogP contribution in [0.15, 0.2) is 47.7 Å². The van der Waals surface area contributed by atoms with E-state index in [0.29, 0.717) is 12.0 Å². The standard InChI is InChI=1S/C19H26F2N6/c1-14-10-16(13-26(14)12-15-6-4-3-5-7-15)25-19(22-2)24-11-17-23-8-9-27(17)18(20)21/h3-9,14,16,18H,10-13H2,1-2H3,(H2,22,24,25). The number of alkyl halides is 2. The van der Waals surface area contributed by atoms with Gasteiger partial charge in [0.1, 0.15) is 5.82 Å². The quantitative estimate of drug-likeness (QED) is 0.601. The van der Waals surface area contributed by atoms with Crippen LogP contribution in [0.25, 0.3) is 0 Å². The molecule has 8 heteroatoms. The van der Waals surface area contributed by atoms with E-state index in [9.17, 15) is 8.78 Å². The van der Waals surface area contributed by atoms with Crippen LogP contribution >= 0.6 is 0 Å². The van der Waals surface area contributed by atoms with Crippen LogP contribution in [0.2, 0.25) is 0 Å². The molecule has 0 saturated carbocycles. The van der Waals surface area contributed by atoms with Gasteiger partial charge in [-0.25, -0.2) is 4.98 Å². The minimum Gasteiger partial charge on any atom is -0.352 e. The largest absolute Gasteiger partial charge is 0.352 e. The summed E-state index contributed by atoms with van der Waals surface area (Å²) in [4.78, 5) is 10.6. The molecule has 0 radical (unpaired) electrons. The smallest absolute Gasteiger partial charge is 0.319 e. The Morgan fingerprint density at radius 3 is 2.81 bits per heavy atom. The van der Waals surface area contributed by atoms with E-state index in [1.165, 1.54) is 18.0 Å². The zero-order chi connectivity index (χ0) is 19.2. The lowest BCUT2D eigenvalue weighted by Crippen LogP contribution is -2.44. The zero-order valence-electron chi connectivity index (χ0n) is 15.6. The number of aliphatic imine (C=N–C) groups is 1. The molecule has 1 aromatic heterocycles. The van der Waals surface area contributed by atoms with Crippen molar-refractivity contribution in [1.82, 2.24) is 25.1 Å². The number of imidazole rings is 1. The number of hydrogen-bond acceptors (Lipinski definition) is 3. The van der Waals surface area contributed by atoms with Crippen LogP contribution in [0.4, 0.5) is 8.78 Å². The fourth-order valence-electron chi connectivity index (χ4n) is 3.45. The molecular formula is C19H26F2N6. The maximum atomic E-state index is 12.9. The second-order valence-corrected chi connectivity index (χ2v) is 6.80. The van der Waals surface area contributed by atoms with Gasteiger partial charge < -0.3 is 10.6 Å². The van der Waals surface area contributed by atoms with Crippen LogP contribution in [0.1, 0.15) is 31.3 Å². The van der Waals surface area contributed by atoms with Crippen LogP contribution < -0.4 is 10.6 Å². The summed E-state index contributed by atoms with van der Waals surface area (Å²) in [5.41, 5.74) is 1.30. The molecule has 1 aromatic carbocycles. The lowest BCUT2D eigenvalue weighted by molar-refractivity contribution is 0.0668. The van der Waals surface area contributed by atoms with Crippen molar-refractivity contribution in [3.05, 3.63) is 54.1 Å². The Morgan fingerprint density at radius 1 is 1.33 bits per heavy atom. The summed E-state index contributed by atoms with van der Waals surface area (Å²) in [6.45, 7) is 1.63. The molecule has 2 N–H and O–H groups in total. The molecule has 27 heavy (non-hydrogen) atoms. The molecule has 2 aromatic rings. The Balaban J connectivity index is 1.52. The van der Waals surface area contributed by atoms with Crippen molar-refractivity contribution >= 4 is 5.96 Å². The van der Waals surface area contributed by atoms with E-state index in [0.717, 1.165) is 24.1 Å². The Labute approximate surface area is 158 Å². The molecule has 0 aliphatic carbocycles. The summed E-state index contributed by atoms with van der Waals surface area (Å²) in [5, 5.41) is 6.47. The van der Waals surface area contributed by atoms with Crippen LogP contribution in [-0.4, -0.2) is 46.1 Å². The third-order valence-electron chi connectivity index (χ3n) is 4.87. The van der Waals surface area contributed by atoms with E-state index in [2.05, 4.69) is 56.7 Å². The van der Waals surface area contributed by atoms with Crippen LogP contribution in [0.5, 0.6) is 0 Å². The van der Waals surface area contributed by atoms with Gasteiger partial charge in [0.05, 0.1) is 6.54 Å². The summed E-state index contributed by atoms with van der Waals surface area (Å²) in [5.74, 6) is 0.871. The van der Waals surface area contributed by atoms with Crippen molar-refractivity contribution in [2.24, 2.45) is 4.99 Å². The lowest BCUT2D eigenvalue weighted by Gasteiger charge is -2.21. The van der Waals surface area contributed by atoms with Crippen molar-refractivity contribution < 1.29 is 8.78 Å². The lowest BCUT2D eigenvalue weighted by atomic mass is 10.2. The van der Waals surface area contributed by atoms with Crippen LogP contribution in [-0.2, 0) is 13.1 Å². The SMILES string of the molecule is CN=C(NCc1nccn1C(F)F)NC1CC(C)N(Cc2ccccc2)C1. The highest BCUT2D eigenvalue weighted by Gasteiger charge is 2.29. The summed E-state index contributed by atoms with van der Waals surface area (Å²) in [6.07, 6.45) is 3.65. The third-order valence-corrected chi connectivity index (χ3v) is 4.87. The van der Waals surface area contributed by atoms with Gasteiger partial charge in [-0.2, -0.15) is 8.78 Å². The minimum atomic E-state index is -2.60. The molecule has 6 nitrogen and oxygen atoms in total. The Bertz CT molecular complexity index is 746. The molecule has 1 fully saturated rings. The molecule has 0 amide bonds. The fraction of sp³-hybridized carbons (Fsp3) is 0.474. The third kappa shape index (κ3) is 5.03. The first-order valence-corrected chi connectivity index (χ1v) is 9.12. The Hall–Kier alpha value is -2.48. The van der Waals surface area contributed by atoms with Gasteiger partial charge in [0.2, 0.25) is 0 Å². The molecular weight excluding hydrogens is 350 g/mol. The molecule has 1 saturated heterocycles. The second-order valence-electron chi connectivity index (χ2n) is 6.80. The topological polar surface area (TPSA) is 57.5 Å². The van der Waals surface area contributed by atoms with E-state index in [1.54, 1.807) is 7.05 Å². The van der Waals surface area contributed by atoms with Crippen LogP contribution in [0, 0.1) is 0 Å². The molecule has 2 unspecified atom stereocenters. The number of aromatic nitrogens is 2. The highest BCUT2D eigenvalue weighted by molar-refractivity contribution is 5.79. The molecule has 146 valence electrons. The van der Waals surface area contributed by atoms with E-state index >= 15 is 0 Å². The first-order chi connectivity index (χ1) is 13.1. The second kappa shape index (κ2) is 8.94. The number of nitrogens with zero attached hydrogens (tertiary/aromatic N) is 4. The van der Waals surface area contributed by atoms with Gasteiger partial charge in [0.25, 0.3) is 0 Å². The number of nitrogens with one attached hydrogen (secondary N) is 2. The van der Waals surface area contributed by atoms with Gasteiger partial charge in [-0.3, -0.25) is 14.5 Å². The van der Waals surface area contributed by atoms with E-state index < -0.39 is 6.55 Å². The first kappa shape index (κ1) is 19.3. The Morgan fingerprint density at radius 2 is 2.11 bits per heavy atom. The highest BCUT2D eigenvalue weighted by Crippen LogP contribution is 2.20. The van der Waals surface area contributed by atoms with Crippen molar-refractivity contribution in [2.45, 2.75) is 45.1 Å². The fourth-order valence-corrected chi connectivity index (χ4v) is 3.45. The number of likely N-dealkylation sites (tertiary alicyclic amines) is 1. The predicted octanol–water partition coefficient (Wildman–Crippen LogP) is 2.61.